The van der Waals surface area contributed by atoms with Crippen LogP contribution < -0.4 is 9.47 Å². The molecule has 1 aliphatic heterocycles. The van der Waals surface area contributed by atoms with E-state index in [0.717, 1.165) is 27.8 Å². The monoisotopic (exact) mass is 311 g/mol. The fourth-order valence-corrected chi connectivity index (χ4v) is 2.94. The Labute approximate surface area is 126 Å². The number of benzene rings is 1. The minimum absolute atomic E-state index is 0.0533. The van der Waals surface area contributed by atoms with Crippen molar-refractivity contribution in [3.8, 4) is 11.5 Å². The summed E-state index contributed by atoms with van der Waals surface area (Å²) in [6, 6.07) is 5.83. The van der Waals surface area contributed by atoms with E-state index in [0.29, 0.717) is 12.5 Å². The molecule has 2 aromatic rings. The summed E-state index contributed by atoms with van der Waals surface area (Å²) < 4.78 is 16.5. The van der Waals surface area contributed by atoms with E-state index in [1.54, 1.807) is 11.3 Å². The zero-order chi connectivity index (χ0) is 13.9. The molecule has 0 spiro atoms. The second-order valence-electron chi connectivity index (χ2n) is 4.45. The van der Waals surface area contributed by atoms with Gasteiger partial charge in [0.1, 0.15) is 11.1 Å². The number of hydrogen-bond donors (Lipinski definition) is 0. The lowest BCUT2D eigenvalue weighted by Gasteiger charge is -2.10. The highest BCUT2D eigenvalue weighted by molar-refractivity contribution is 7.09. The maximum absolute atomic E-state index is 5.84. The predicted molar refractivity (Wildman–Crippen MR) is 77.4 cm³/mol. The van der Waals surface area contributed by atoms with Gasteiger partial charge in [-0.15, -0.1) is 22.9 Å². The topological polar surface area (TPSA) is 40.6 Å². The molecule has 106 valence electrons. The van der Waals surface area contributed by atoms with E-state index in [1.807, 2.05) is 30.5 Å². The van der Waals surface area contributed by atoms with E-state index < -0.39 is 0 Å². The van der Waals surface area contributed by atoms with E-state index >= 15 is 0 Å². The van der Waals surface area contributed by atoms with Crippen LogP contribution in [0.4, 0.5) is 0 Å². The van der Waals surface area contributed by atoms with Crippen LogP contribution in [0, 0.1) is 0 Å². The van der Waals surface area contributed by atoms with Crippen molar-refractivity contribution in [1.29, 1.82) is 0 Å². The standard InChI is InChI=1S/C14H14ClNO3S/c1-9(14-16-11(5-15)7-20-14)17-6-10-2-3-12-13(4-10)19-8-18-12/h2-4,7,9H,5-6,8H2,1H3. The summed E-state index contributed by atoms with van der Waals surface area (Å²) in [7, 11) is 0. The first kappa shape index (κ1) is 13.7. The third-order valence-corrected chi connectivity index (χ3v) is 4.32. The van der Waals surface area contributed by atoms with E-state index in [1.165, 1.54) is 0 Å². The number of fused-ring (bicyclic) bond motifs is 1. The average molecular weight is 312 g/mol. The van der Waals surface area contributed by atoms with Crippen LogP contribution in [0.2, 0.25) is 0 Å². The summed E-state index contributed by atoms with van der Waals surface area (Å²) in [5.41, 5.74) is 1.94. The molecule has 0 bridgehead atoms. The van der Waals surface area contributed by atoms with Crippen molar-refractivity contribution < 1.29 is 14.2 Å². The molecule has 1 unspecified atom stereocenters. The van der Waals surface area contributed by atoms with E-state index in [4.69, 9.17) is 25.8 Å². The van der Waals surface area contributed by atoms with Crippen molar-refractivity contribution in [1.82, 2.24) is 4.98 Å². The number of alkyl halides is 1. The zero-order valence-electron chi connectivity index (χ0n) is 11.0. The van der Waals surface area contributed by atoms with Gasteiger partial charge < -0.3 is 14.2 Å². The van der Waals surface area contributed by atoms with Gasteiger partial charge in [0.05, 0.1) is 18.2 Å². The lowest BCUT2D eigenvalue weighted by molar-refractivity contribution is 0.0522. The number of thiazole rings is 1. The Bertz CT molecular complexity index is 602. The fourth-order valence-electron chi connectivity index (χ4n) is 1.89. The van der Waals surface area contributed by atoms with Crippen molar-refractivity contribution >= 4 is 22.9 Å². The lowest BCUT2D eigenvalue weighted by Crippen LogP contribution is -2.00. The van der Waals surface area contributed by atoms with Gasteiger partial charge in [-0.3, -0.25) is 0 Å². The highest BCUT2D eigenvalue weighted by Crippen LogP contribution is 2.33. The van der Waals surface area contributed by atoms with Gasteiger partial charge in [-0.25, -0.2) is 4.98 Å². The molecule has 1 aliphatic rings. The van der Waals surface area contributed by atoms with Crippen molar-refractivity contribution in [2.75, 3.05) is 6.79 Å². The maximum atomic E-state index is 5.84. The number of aromatic nitrogens is 1. The molecule has 1 atom stereocenters. The maximum Gasteiger partial charge on any atom is 0.231 e. The molecule has 0 fully saturated rings. The second kappa shape index (κ2) is 5.99. The molecule has 0 saturated carbocycles. The average Bonchev–Trinajstić information content (AvgIpc) is 3.12. The van der Waals surface area contributed by atoms with Crippen LogP contribution in [0.1, 0.15) is 29.3 Å². The van der Waals surface area contributed by atoms with Gasteiger partial charge in [0, 0.05) is 5.38 Å². The zero-order valence-corrected chi connectivity index (χ0v) is 12.5. The molecule has 2 heterocycles. The Kier molecular flexibility index (Phi) is 4.10. The minimum atomic E-state index is -0.0533. The molecule has 1 aromatic carbocycles. The normalized spacial score (nSPS) is 14.5. The fraction of sp³-hybridized carbons (Fsp3) is 0.357. The lowest BCUT2D eigenvalue weighted by atomic mass is 10.2. The molecule has 0 N–H and O–H groups in total. The third kappa shape index (κ3) is 2.90. The molecule has 0 radical (unpaired) electrons. The van der Waals surface area contributed by atoms with E-state index in [2.05, 4.69) is 4.98 Å². The van der Waals surface area contributed by atoms with Crippen LogP contribution in [0.15, 0.2) is 23.6 Å². The molecule has 0 saturated heterocycles. The number of hydrogen-bond acceptors (Lipinski definition) is 5. The van der Waals surface area contributed by atoms with Crippen LogP contribution in [-0.2, 0) is 17.2 Å². The summed E-state index contributed by atoms with van der Waals surface area (Å²) in [5.74, 6) is 2.00. The number of ether oxygens (including phenoxy) is 3. The summed E-state index contributed by atoms with van der Waals surface area (Å²) in [6.45, 7) is 2.79. The van der Waals surface area contributed by atoms with Gasteiger partial charge >= 0.3 is 0 Å². The highest BCUT2D eigenvalue weighted by Gasteiger charge is 2.15. The van der Waals surface area contributed by atoms with Crippen LogP contribution in [-0.4, -0.2) is 11.8 Å². The first-order valence-electron chi connectivity index (χ1n) is 6.26. The van der Waals surface area contributed by atoms with Crippen LogP contribution in [0.3, 0.4) is 0 Å². The molecule has 1 aromatic heterocycles. The van der Waals surface area contributed by atoms with Gasteiger partial charge in [0.15, 0.2) is 11.5 Å². The number of rotatable bonds is 5. The third-order valence-electron chi connectivity index (χ3n) is 2.99. The minimum Gasteiger partial charge on any atom is -0.454 e. The molecule has 4 nitrogen and oxygen atoms in total. The quantitative estimate of drug-likeness (QED) is 0.786. The predicted octanol–water partition coefficient (Wildman–Crippen LogP) is 3.89. The van der Waals surface area contributed by atoms with Crippen molar-refractivity contribution in [3.05, 3.63) is 39.8 Å². The Morgan fingerprint density at radius 1 is 1.40 bits per heavy atom. The van der Waals surface area contributed by atoms with E-state index in [-0.39, 0.29) is 12.9 Å². The molecular weight excluding hydrogens is 298 g/mol. The van der Waals surface area contributed by atoms with Crippen LogP contribution in [0.25, 0.3) is 0 Å². The summed E-state index contributed by atoms with van der Waals surface area (Å²) in [5, 5.41) is 2.91. The molecule has 6 heteroatoms. The first-order chi connectivity index (χ1) is 9.76. The SMILES string of the molecule is CC(OCc1ccc2c(c1)OCO2)c1nc(CCl)cs1. The van der Waals surface area contributed by atoms with Gasteiger partial charge in [0.2, 0.25) is 6.79 Å². The first-order valence-corrected chi connectivity index (χ1v) is 7.68. The molecule has 0 aliphatic carbocycles. The summed E-state index contributed by atoms with van der Waals surface area (Å²) >= 11 is 7.32. The number of nitrogens with zero attached hydrogens (tertiary/aromatic N) is 1. The van der Waals surface area contributed by atoms with Gasteiger partial charge in [0.25, 0.3) is 0 Å². The Morgan fingerprint density at radius 2 is 2.25 bits per heavy atom. The molecular formula is C14H14ClNO3S. The molecule has 20 heavy (non-hydrogen) atoms. The van der Waals surface area contributed by atoms with Crippen LogP contribution >= 0.6 is 22.9 Å². The number of halogens is 1. The van der Waals surface area contributed by atoms with Gasteiger partial charge in [-0.05, 0) is 24.6 Å². The second-order valence-corrected chi connectivity index (χ2v) is 5.61. The van der Waals surface area contributed by atoms with E-state index in [9.17, 15) is 0 Å². The summed E-state index contributed by atoms with van der Waals surface area (Å²) in [4.78, 5) is 4.42. The molecule has 0 amide bonds. The Morgan fingerprint density at radius 3 is 3.05 bits per heavy atom. The van der Waals surface area contributed by atoms with Crippen molar-refractivity contribution in [2.45, 2.75) is 25.5 Å². The Balaban J connectivity index is 1.61. The van der Waals surface area contributed by atoms with Crippen LogP contribution in [0.5, 0.6) is 11.5 Å². The molecule has 3 rings (SSSR count). The largest absolute Gasteiger partial charge is 0.454 e. The van der Waals surface area contributed by atoms with Crippen molar-refractivity contribution in [2.24, 2.45) is 0 Å². The smallest absolute Gasteiger partial charge is 0.231 e. The summed E-state index contributed by atoms with van der Waals surface area (Å²) in [6.07, 6.45) is -0.0533. The highest BCUT2D eigenvalue weighted by atomic mass is 35.5. The van der Waals surface area contributed by atoms with Gasteiger partial charge in [-0.1, -0.05) is 6.07 Å². The van der Waals surface area contributed by atoms with Gasteiger partial charge in [-0.2, -0.15) is 0 Å². The Hall–Kier alpha value is -1.30. The van der Waals surface area contributed by atoms with Crippen molar-refractivity contribution in [3.63, 3.8) is 0 Å².